The van der Waals surface area contributed by atoms with Gasteiger partial charge in [-0.1, -0.05) is 6.92 Å². The van der Waals surface area contributed by atoms with Crippen LogP contribution in [0, 0.1) is 12.8 Å². The average Bonchev–Trinajstić information content (AvgIpc) is 2.27. The van der Waals surface area contributed by atoms with Crippen LogP contribution in [-0.2, 0) is 12.8 Å². The Morgan fingerprint density at radius 1 is 1.45 bits per heavy atom. The van der Waals surface area contributed by atoms with Gasteiger partial charge in [-0.2, -0.15) is 0 Å². The van der Waals surface area contributed by atoms with E-state index in [0.29, 0.717) is 0 Å². The number of nitrogens with zero attached hydrogens (tertiary/aromatic N) is 2. The molecule has 58 valence electrons. The van der Waals surface area contributed by atoms with Gasteiger partial charge in [0.2, 0.25) is 0 Å². The molecule has 0 aromatic carbocycles. The second-order valence-electron chi connectivity index (χ2n) is 3.40. The normalized spacial score (nSPS) is 21.8. The van der Waals surface area contributed by atoms with Crippen LogP contribution in [0.1, 0.15) is 24.0 Å². The van der Waals surface area contributed by atoms with Gasteiger partial charge in [0.05, 0.1) is 0 Å². The number of aromatic nitrogens is 2. The lowest BCUT2D eigenvalue weighted by atomic mass is 10.1. The van der Waals surface area contributed by atoms with Crippen molar-refractivity contribution in [2.75, 3.05) is 0 Å². The van der Waals surface area contributed by atoms with Crippen LogP contribution >= 0.6 is 0 Å². The van der Waals surface area contributed by atoms with Gasteiger partial charge in [0.25, 0.3) is 0 Å². The molecule has 0 spiro atoms. The minimum atomic E-state index is 0.765. The molecule has 2 rings (SSSR count). The maximum atomic E-state index is 4.39. The Hall–Kier alpha value is -0.920. The molecular weight excluding hydrogens is 136 g/mol. The van der Waals surface area contributed by atoms with Crippen LogP contribution in [0.4, 0.5) is 0 Å². The molecule has 2 nitrogen and oxygen atoms in total. The largest absolute Gasteiger partial charge is 0.241 e. The van der Waals surface area contributed by atoms with E-state index in [0.717, 1.165) is 24.6 Å². The highest BCUT2D eigenvalue weighted by molar-refractivity contribution is 5.23. The van der Waals surface area contributed by atoms with Crippen molar-refractivity contribution < 1.29 is 0 Å². The zero-order valence-corrected chi connectivity index (χ0v) is 6.96. The zero-order chi connectivity index (χ0) is 7.84. The fourth-order valence-electron chi connectivity index (χ4n) is 1.67. The first kappa shape index (κ1) is 6.77. The summed E-state index contributed by atoms with van der Waals surface area (Å²) in [5.41, 5.74) is 2.62. The Bertz CT molecular complexity index is 281. The van der Waals surface area contributed by atoms with Crippen molar-refractivity contribution in [3.8, 4) is 0 Å². The molecule has 0 N–H and O–H groups in total. The van der Waals surface area contributed by atoms with Gasteiger partial charge in [0, 0.05) is 11.9 Å². The number of hydrogen-bond donors (Lipinski definition) is 0. The first-order valence-corrected chi connectivity index (χ1v) is 4.07. The summed E-state index contributed by atoms with van der Waals surface area (Å²) in [4.78, 5) is 8.57. The van der Waals surface area contributed by atoms with Gasteiger partial charge in [-0.05, 0) is 31.2 Å². The van der Waals surface area contributed by atoms with Crippen LogP contribution in [0.5, 0.6) is 0 Å². The Labute approximate surface area is 66.7 Å². The molecule has 1 aliphatic rings. The third-order valence-electron chi connectivity index (χ3n) is 2.18. The molecule has 0 fully saturated rings. The van der Waals surface area contributed by atoms with Crippen LogP contribution in [-0.4, -0.2) is 9.97 Å². The van der Waals surface area contributed by atoms with Crippen molar-refractivity contribution in [2.24, 2.45) is 5.92 Å². The Morgan fingerprint density at radius 2 is 2.27 bits per heavy atom. The van der Waals surface area contributed by atoms with Crippen molar-refractivity contribution >= 4 is 0 Å². The minimum Gasteiger partial charge on any atom is -0.241 e. The number of rotatable bonds is 0. The summed E-state index contributed by atoms with van der Waals surface area (Å²) in [6.45, 7) is 4.21. The third-order valence-corrected chi connectivity index (χ3v) is 2.18. The Morgan fingerprint density at radius 3 is 3.09 bits per heavy atom. The maximum absolute atomic E-state index is 4.39. The van der Waals surface area contributed by atoms with Gasteiger partial charge < -0.3 is 0 Å². The van der Waals surface area contributed by atoms with E-state index >= 15 is 0 Å². The number of fused-ring (bicyclic) bond motifs is 1. The fraction of sp³-hybridized carbons (Fsp3) is 0.556. The number of aryl methyl sites for hydroxylation is 1. The molecule has 1 heterocycles. The second-order valence-corrected chi connectivity index (χ2v) is 3.40. The molecular formula is C9H12N2. The highest BCUT2D eigenvalue weighted by Gasteiger charge is 2.18. The zero-order valence-electron chi connectivity index (χ0n) is 6.96. The summed E-state index contributed by atoms with van der Waals surface area (Å²) in [6, 6.07) is 0. The molecule has 11 heavy (non-hydrogen) atoms. The Kier molecular flexibility index (Phi) is 1.41. The van der Waals surface area contributed by atoms with Crippen molar-refractivity contribution in [3.05, 3.63) is 23.3 Å². The first-order valence-electron chi connectivity index (χ1n) is 4.07. The van der Waals surface area contributed by atoms with Crippen molar-refractivity contribution in [1.29, 1.82) is 0 Å². The van der Waals surface area contributed by atoms with Crippen molar-refractivity contribution in [2.45, 2.75) is 26.7 Å². The highest BCUT2D eigenvalue weighted by atomic mass is 14.9. The SMILES string of the molecule is Cc1ncc2c(n1)CC(C)C2. The third kappa shape index (κ3) is 1.13. The number of hydrogen-bond acceptors (Lipinski definition) is 2. The van der Waals surface area contributed by atoms with Gasteiger partial charge in [-0.3, -0.25) is 0 Å². The van der Waals surface area contributed by atoms with Gasteiger partial charge in [-0.25, -0.2) is 9.97 Å². The smallest absolute Gasteiger partial charge is 0.125 e. The molecule has 1 unspecified atom stereocenters. The quantitative estimate of drug-likeness (QED) is 0.557. The molecule has 1 aromatic rings. The predicted molar refractivity (Wildman–Crippen MR) is 43.3 cm³/mol. The van der Waals surface area contributed by atoms with Gasteiger partial charge in [-0.15, -0.1) is 0 Å². The molecule has 1 aromatic heterocycles. The summed E-state index contributed by atoms with van der Waals surface area (Å²) >= 11 is 0. The summed E-state index contributed by atoms with van der Waals surface area (Å²) in [7, 11) is 0. The predicted octanol–water partition coefficient (Wildman–Crippen LogP) is 1.52. The molecule has 1 atom stereocenters. The lowest BCUT2D eigenvalue weighted by molar-refractivity contribution is 0.623. The van der Waals surface area contributed by atoms with E-state index in [9.17, 15) is 0 Å². The molecule has 0 saturated heterocycles. The van der Waals surface area contributed by atoms with Crippen LogP contribution < -0.4 is 0 Å². The molecule has 1 aliphatic carbocycles. The Balaban J connectivity index is 2.43. The standard InChI is InChI=1S/C9H12N2/c1-6-3-8-5-10-7(2)11-9(8)4-6/h5-6H,3-4H2,1-2H3. The molecule has 0 radical (unpaired) electrons. The molecule has 0 saturated carbocycles. The van der Waals surface area contributed by atoms with Crippen LogP contribution in [0.2, 0.25) is 0 Å². The minimum absolute atomic E-state index is 0.765. The van der Waals surface area contributed by atoms with E-state index in [4.69, 9.17) is 0 Å². The average molecular weight is 148 g/mol. The van der Waals surface area contributed by atoms with E-state index in [1.807, 2.05) is 13.1 Å². The van der Waals surface area contributed by atoms with E-state index in [1.54, 1.807) is 0 Å². The monoisotopic (exact) mass is 148 g/mol. The lowest BCUT2D eigenvalue weighted by Gasteiger charge is -1.96. The van der Waals surface area contributed by atoms with E-state index in [1.165, 1.54) is 11.3 Å². The van der Waals surface area contributed by atoms with Gasteiger partial charge in [0.15, 0.2) is 0 Å². The van der Waals surface area contributed by atoms with Crippen molar-refractivity contribution in [3.63, 3.8) is 0 Å². The van der Waals surface area contributed by atoms with E-state index in [2.05, 4.69) is 16.9 Å². The summed E-state index contributed by atoms with van der Waals surface area (Å²) in [5, 5.41) is 0. The summed E-state index contributed by atoms with van der Waals surface area (Å²) in [5.74, 6) is 1.67. The van der Waals surface area contributed by atoms with Crippen LogP contribution in [0.25, 0.3) is 0 Å². The van der Waals surface area contributed by atoms with Gasteiger partial charge >= 0.3 is 0 Å². The van der Waals surface area contributed by atoms with Crippen LogP contribution in [0.15, 0.2) is 6.20 Å². The highest BCUT2D eigenvalue weighted by Crippen LogP contribution is 2.23. The van der Waals surface area contributed by atoms with E-state index in [-0.39, 0.29) is 0 Å². The molecule has 0 aliphatic heterocycles. The fourth-order valence-corrected chi connectivity index (χ4v) is 1.67. The van der Waals surface area contributed by atoms with E-state index < -0.39 is 0 Å². The topological polar surface area (TPSA) is 25.8 Å². The van der Waals surface area contributed by atoms with Crippen molar-refractivity contribution in [1.82, 2.24) is 9.97 Å². The molecule has 0 amide bonds. The molecule has 0 bridgehead atoms. The maximum Gasteiger partial charge on any atom is 0.125 e. The van der Waals surface area contributed by atoms with Gasteiger partial charge in [0.1, 0.15) is 5.82 Å². The summed E-state index contributed by atoms with van der Waals surface area (Å²) < 4.78 is 0. The first-order chi connectivity index (χ1) is 5.25. The lowest BCUT2D eigenvalue weighted by Crippen LogP contribution is -1.93. The second kappa shape index (κ2) is 2.29. The summed E-state index contributed by atoms with van der Waals surface area (Å²) in [6.07, 6.45) is 4.27. The molecule has 2 heteroatoms. The van der Waals surface area contributed by atoms with Crippen LogP contribution in [0.3, 0.4) is 0 Å².